The Morgan fingerprint density at radius 2 is 1.95 bits per heavy atom. The molecule has 19 heavy (non-hydrogen) atoms. The van der Waals surface area contributed by atoms with Crippen molar-refractivity contribution in [3.63, 3.8) is 0 Å². The third kappa shape index (κ3) is 4.40. The number of aromatic nitrogens is 2. The molecule has 5 heteroatoms. The summed E-state index contributed by atoms with van der Waals surface area (Å²) in [6, 6.07) is 9.76. The van der Waals surface area contributed by atoms with Crippen LogP contribution < -0.4 is 5.32 Å². The first kappa shape index (κ1) is 14.2. The molecule has 0 unspecified atom stereocenters. The van der Waals surface area contributed by atoms with Gasteiger partial charge >= 0.3 is 0 Å². The van der Waals surface area contributed by atoms with Crippen LogP contribution in [0.25, 0.3) is 0 Å². The van der Waals surface area contributed by atoms with E-state index in [0.29, 0.717) is 0 Å². The van der Waals surface area contributed by atoms with Gasteiger partial charge in [0, 0.05) is 28.2 Å². The predicted octanol–water partition coefficient (Wildman–Crippen LogP) is 4.16. The normalized spacial score (nSPS) is 10.5. The number of hydrogen-bond donors (Lipinski definition) is 1. The summed E-state index contributed by atoms with van der Waals surface area (Å²) in [7, 11) is 0. The molecule has 0 aliphatic carbocycles. The third-order valence-electron chi connectivity index (χ3n) is 2.44. The van der Waals surface area contributed by atoms with Crippen LogP contribution in [0.3, 0.4) is 0 Å². The third-order valence-corrected chi connectivity index (χ3v) is 3.70. The SMILES string of the molecule is CCNc1cc(C)nc(CSc2ccc(Cl)cc2)n1. The van der Waals surface area contributed by atoms with Gasteiger partial charge in [-0.1, -0.05) is 11.6 Å². The van der Waals surface area contributed by atoms with Crippen LogP contribution in [0.4, 0.5) is 5.82 Å². The number of thioether (sulfide) groups is 1. The van der Waals surface area contributed by atoms with Gasteiger partial charge in [0.2, 0.25) is 0 Å². The van der Waals surface area contributed by atoms with Gasteiger partial charge in [-0.3, -0.25) is 0 Å². The van der Waals surface area contributed by atoms with Crippen LogP contribution >= 0.6 is 23.4 Å². The van der Waals surface area contributed by atoms with Crippen LogP contribution in [-0.2, 0) is 5.75 Å². The predicted molar refractivity (Wildman–Crippen MR) is 81.9 cm³/mol. The van der Waals surface area contributed by atoms with Crippen LogP contribution in [0, 0.1) is 6.92 Å². The van der Waals surface area contributed by atoms with Crippen molar-refractivity contribution in [3.8, 4) is 0 Å². The van der Waals surface area contributed by atoms with E-state index in [1.807, 2.05) is 37.3 Å². The molecule has 0 fully saturated rings. The lowest BCUT2D eigenvalue weighted by Gasteiger charge is -2.07. The van der Waals surface area contributed by atoms with Crippen molar-refractivity contribution in [1.29, 1.82) is 0 Å². The first-order valence-corrected chi connectivity index (χ1v) is 7.50. The second kappa shape index (κ2) is 6.78. The van der Waals surface area contributed by atoms with E-state index in [-0.39, 0.29) is 0 Å². The molecule has 0 saturated carbocycles. The van der Waals surface area contributed by atoms with E-state index in [0.717, 1.165) is 34.7 Å². The molecule has 0 bridgehead atoms. The molecule has 0 aliphatic rings. The van der Waals surface area contributed by atoms with Gasteiger partial charge in [-0.2, -0.15) is 0 Å². The summed E-state index contributed by atoms with van der Waals surface area (Å²) in [6.07, 6.45) is 0. The van der Waals surface area contributed by atoms with E-state index in [9.17, 15) is 0 Å². The second-order valence-electron chi connectivity index (χ2n) is 4.08. The highest BCUT2D eigenvalue weighted by atomic mass is 35.5. The molecule has 3 nitrogen and oxygen atoms in total. The summed E-state index contributed by atoms with van der Waals surface area (Å²) in [5.41, 5.74) is 0.984. The number of nitrogens with zero attached hydrogens (tertiary/aromatic N) is 2. The summed E-state index contributed by atoms with van der Waals surface area (Å²) in [5.74, 6) is 2.49. The minimum atomic E-state index is 0.752. The van der Waals surface area contributed by atoms with Crippen LogP contribution in [0.2, 0.25) is 5.02 Å². The summed E-state index contributed by atoms with van der Waals surface area (Å²) in [6.45, 7) is 4.90. The molecule has 100 valence electrons. The largest absolute Gasteiger partial charge is 0.370 e. The zero-order valence-electron chi connectivity index (χ0n) is 11.0. The Morgan fingerprint density at radius 3 is 2.63 bits per heavy atom. The molecule has 0 atom stereocenters. The number of rotatable bonds is 5. The van der Waals surface area contributed by atoms with Gasteiger partial charge in [0.1, 0.15) is 11.6 Å². The smallest absolute Gasteiger partial charge is 0.141 e. The average molecular weight is 294 g/mol. The highest BCUT2D eigenvalue weighted by Gasteiger charge is 2.03. The molecule has 0 saturated heterocycles. The van der Waals surface area contributed by atoms with Crippen molar-refractivity contribution in [2.45, 2.75) is 24.5 Å². The monoisotopic (exact) mass is 293 g/mol. The Balaban J connectivity index is 2.04. The van der Waals surface area contributed by atoms with E-state index in [4.69, 9.17) is 11.6 Å². The van der Waals surface area contributed by atoms with Gasteiger partial charge in [0.05, 0.1) is 5.75 Å². The van der Waals surface area contributed by atoms with Crippen LogP contribution in [0.15, 0.2) is 35.2 Å². The Labute approximate surface area is 122 Å². The highest BCUT2D eigenvalue weighted by Crippen LogP contribution is 2.23. The minimum Gasteiger partial charge on any atom is -0.370 e. The molecule has 1 aromatic carbocycles. The molecule has 2 rings (SSSR count). The van der Waals surface area contributed by atoms with Crippen molar-refractivity contribution in [2.24, 2.45) is 0 Å². The number of nitrogens with one attached hydrogen (secondary N) is 1. The van der Waals surface area contributed by atoms with Crippen molar-refractivity contribution in [2.75, 3.05) is 11.9 Å². The maximum absolute atomic E-state index is 5.86. The van der Waals surface area contributed by atoms with Crippen molar-refractivity contribution < 1.29 is 0 Å². The number of hydrogen-bond acceptors (Lipinski definition) is 4. The lowest BCUT2D eigenvalue weighted by atomic mass is 10.4. The van der Waals surface area contributed by atoms with Crippen molar-refractivity contribution in [3.05, 3.63) is 46.9 Å². The first-order valence-electron chi connectivity index (χ1n) is 6.14. The molecule has 1 aromatic heterocycles. The van der Waals surface area contributed by atoms with E-state index >= 15 is 0 Å². The maximum atomic E-state index is 5.86. The average Bonchev–Trinajstić information content (AvgIpc) is 2.38. The molecule has 1 N–H and O–H groups in total. The summed E-state index contributed by atoms with van der Waals surface area (Å²) < 4.78 is 0. The fourth-order valence-electron chi connectivity index (χ4n) is 1.64. The topological polar surface area (TPSA) is 37.8 Å². The zero-order valence-corrected chi connectivity index (χ0v) is 12.6. The molecular formula is C14H16ClN3S. The van der Waals surface area contributed by atoms with E-state index in [1.165, 1.54) is 4.90 Å². The summed E-state index contributed by atoms with van der Waals surface area (Å²) >= 11 is 7.57. The summed E-state index contributed by atoms with van der Waals surface area (Å²) in [5, 5.41) is 3.97. The fourth-order valence-corrected chi connectivity index (χ4v) is 2.52. The van der Waals surface area contributed by atoms with E-state index in [1.54, 1.807) is 11.8 Å². The molecule has 0 spiro atoms. The Morgan fingerprint density at radius 1 is 1.21 bits per heavy atom. The van der Waals surface area contributed by atoms with Crippen LogP contribution in [-0.4, -0.2) is 16.5 Å². The molecule has 0 radical (unpaired) electrons. The van der Waals surface area contributed by atoms with Crippen molar-refractivity contribution >= 4 is 29.2 Å². The van der Waals surface area contributed by atoms with Crippen LogP contribution in [0.5, 0.6) is 0 Å². The van der Waals surface area contributed by atoms with Crippen LogP contribution in [0.1, 0.15) is 18.4 Å². The minimum absolute atomic E-state index is 0.752. The number of anilines is 1. The zero-order chi connectivity index (χ0) is 13.7. The van der Waals surface area contributed by atoms with E-state index in [2.05, 4.69) is 22.2 Å². The van der Waals surface area contributed by atoms with Gasteiger partial charge in [0.15, 0.2) is 0 Å². The van der Waals surface area contributed by atoms with E-state index < -0.39 is 0 Å². The van der Waals surface area contributed by atoms with Gasteiger partial charge in [0.25, 0.3) is 0 Å². The van der Waals surface area contributed by atoms with Crippen molar-refractivity contribution in [1.82, 2.24) is 9.97 Å². The molecule has 1 heterocycles. The second-order valence-corrected chi connectivity index (χ2v) is 5.57. The lowest BCUT2D eigenvalue weighted by Crippen LogP contribution is -2.04. The molecule has 0 amide bonds. The lowest BCUT2D eigenvalue weighted by molar-refractivity contribution is 0.986. The molecule has 0 aliphatic heterocycles. The quantitative estimate of drug-likeness (QED) is 0.840. The maximum Gasteiger partial charge on any atom is 0.141 e. The first-order chi connectivity index (χ1) is 9.17. The summed E-state index contributed by atoms with van der Waals surface area (Å²) in [4.78, 5) is 10.1. The Hall–Kier alpha value is -1.26. The van der Waals surface area contributed by atoms with Gasteiger partial charge in [-0.25, -0.2) is 9.97 Å². The van der Waals surface area contributed by atoms with Gasteiger partial charge in [-0.15, -0.1) is 11.8 Å². The number of halogens is 1. The Bertz CT molecular complexity index is 543. The Kier molecular flexibility index (Phi) is 5.05. The highest BCUT2D eigenvalue weighted by molar-refractivity contribution is 7.98. The fraction of sp³-hybridized carbons (Fsp3) is 0.286. The number of benzene rings is 1. The number of aryl methyl sites for hydroxylation is 1. The standard InChI is InChI=1S/C14H16ClN3S/c1-3-16-13-8-10(2)17-14(18-13)9-19-12-6-4-11(15)5-7-12/h4-8H,3,9H2,1-2H3,(H,16,17,18). The molecule has 2 aromatic rings. The van der Waals surface area contributed by atoms with Gasteiger partial charge < -0.3 is 5.32 Å². The van der Waals surface area contributed by atoms with Gasteiger partial charge in [-0.05, 0) is 38.1 Å². The molecular weight excluding hydrogens is 278 g/mol.